The van der Waals surface area contributed by atoms with E-state index in [2.05, 4.69) is 20.1 Å². The second kappa shape index (κ2) is 16.3. The molecule has 236 valence electrons. The van der Waals surface area contributed by atoms with E-state index >= 15 is 0 Å². The number of nitrogens with zero attached hydrogens (tertiary/aromatic N) is 5. The quantitative estimate of drug-likeness (QED) is 0.194. The predicted octanol–water partition coefficient (Wildman–Crippen LogP) is 2.08. The Hall–Kier alpha value is -3.62. The van der Waals surface area contributed by atoms with Crippen molar-refractivity contribution >= 4 is 31.4 Å². The highest BCUT2D eigenvalue weighted by molar-refractivity contribution is 7.52. The third kappa shape index (κ3) is 10.6. The number of hydroxylamine groups is 2. The van der Waals surface area contributed by atoms with Gasteiger partial charge in [-0.05, 0) is 6.42 Å². The number of amides is 2. The van der Waals surface area contributed by atoms with Gasteiger partial charge in [0.25, 0.3) is 5.91 Å². The summed E-state index contributed by atoms with van der Waals surface area (Å²) in [5.41, 5.74) is 0.613. The van der Waals surface area contributed by atoms with Gasteiger partial charge in [-0.1, -0.05) is 43.7 Å². The van der Waals surface area contributed by atoms with E-state index in [1.807, 2.05) is 25.1 Å². The monoisotopic (exact) mass is 622 g/mol. The number of hydrogen-bond donors (Lipinski definition) is 3. The lowest BCUT2D eigenvalue weighted by molar-refractivity contribution is -0.154. The van der Waals surface area contributed by atoms with Gasteiger partial charge in [-0.15, -0.1) is 5.06 Å². The van der Waals surface area contributed by atoms with Crippen LogP contribution in [0.5, 0.6) is 0 Å². The van der Waals surface area contributed by atoms with Crippen molar-refractivity contribution < 1.29 is 43.0 Å². The molecule has 2 heterocycles. The molecule has 1 aliphatic rings. The van der Waals surface area contributed by atoms with Gasteiger partial charge in [-0.2, -0.15) is 0 Å². The highest BCUT2D eigenvalue weighted by Gasteiger charge is 2.36. The summed E-state index contributed by atoms with van der Waals surface area (Å²) in [7, 11) is -0.928. The number of carbonyl (C=O) groups excluding carboxylic acids is 2. The van der Waals surface area contributed by atoms with E-state index in [-0.39, 0.29) is 44.3 Å². The van der Waals surface area contributed by atoms with Crippen LogP contribution >= 0.6 is 7.60 Å². The molecule has 3 N–H and O–H groups in total. The highest BCUT2D eigenvalue weighted by Crippen LogP contribution is 2.43. The molecule has 2 atom stereocenters. The number of anilines is 1. The molecule has 2 amide bonds. The number of hydrogen-bond acceptors (Lipinski definition) is 11. The first kappa shape index (κ1) is 33.9. The van der Waals surface area contributed by atoms with Gasteiger partial charge in [0.2, 0.25) is 5.91 Å². The van der Waals surface area contributed by atoms with Gasteiger partial charge in [0.15, 0.2) is 5.82 Å². The summed E-state index contributed by atoms with van der Waals surface area (Å²) in [6, 6.07) is 9.10. The summed E-state index contributed by atoms with van der Waals surface area (Å²) < 4.78 is 23.3. The number of benzene rings is 1. The average molecular weight is 623 g/mol. The van der Waals surface area contributed by atoms with Crippen LogP contribution in [0.15, 0.2) is 36.4 Å². The number of nitrogens with one attached hydrogen (secondary N) is 1. The minimum atomic E-state index is -4.29. The van der Waals surface area contributed by atoms with Gasteiger partial charge in [0.05, 0.1) is 32.5 Å². The van der Waals surface area contributed by atoms with Crippen LogP contribution in [0, 0.1) is 0 Å². The molecule has 15 nitrogen and oxygen atoms in total. The normalized spacial score (nSPS) is 15.8. The Balaban J connectivity index is 1.89. The number of aromatic nitrogens is 2. The molecule has 1 fully saturated rings. The van der Waals surface area contributed by atoms with Crippen molar-refractivity contribution in [3.05, 3.63) is 42.1 Å². The molecule has 1 aliphatic heterocycles. The zero-order valence-electron chi connectivity index (χ0n) is 24.5. The Morgan fingerprint density at radius 3 is 2.44 bits per heavy atom. The number of carboxylic acid groups (broad SMARTS) is 1. The molecule has 1 aromatic heterocycles. The summed E-state index contributed by atoms with van der Waals surface area (Å²) >= 11 is 0. The first-order valence-corrected chi connectivity index (χ1v) is 15.7. The number of rotatable bonds is 15. The zero-order valence-corrected chi connectivity index (χ0v) is 25.4. The SMILES string of the molecule is CCCCOP(=O)(O)C[C@H](NC(=O)c1cc(N(C)CCOC)nc(-c2ccccc2)n1)C(=O)N1CCN(OC(=O)O)CC1. The molecule has 1 aromatic carbocycles. The molecule has 0 radical (unpaired) electrons. The lowest BCUT2D eigenvalue weighted by Crippen LogP contribution is -2.56. The topological polar surface area (TPSA) is 184 Å². The number of likely N-dealkylation sites (N-methyl/N-ethyl adjacent to an activating group) is 1. The van der Waals surface area contributed by atoms with Crippen molar-refractivity contribution in [2.75, 3.05) is 71.2 Å². The van der Waals surface area contributed by atoms with Crippen LogP contribution in [0.3, 0.4) is 0 Å². The van der Waals surface area contributed by atoms with Crippen molar-refractivity contribution in [1.82, 2.24) is 25.2 Å². The maximum atomic E-state index is 13.6. The summed E-state index contributed by atoms with van der Waals surface area (Å²) in [4.78, 5) is 65.4. The van der Waals surface area contributed by atoms with Crippen LogP contribution in [0.25, 0.3) is 11.4 Å². The summed E-state index contributed by atoms with van der Waals surface area (Å²) in [6.07, 6.45) is -0.851. The Kier molecular flexibility index (Phi) is 12.8. The van der Waals surface area contributed by atoms with Crippen molar-refractivity contribution in [2.24, 2.45) is 0 Å². The van der Waals surface area contributed by atoms with Gasteiger partial charge < -0.3 is 39.2 Å². The summed E-state index contributed by atoms with van der Waals surface area (Å²) in [5.74, 6) is -0.655. The predicted molar refractivity (Wildman–Crippen MR) is 157 cm³/mol. The molecule has 16 heteroatoms. The maximum absolute atomic E-state index is 13.6. The van der Waals surface area contributed by atoms with Gasteiger partial charge in [0, 0.05) is 45.4 Å². The molecule has 0 saturated carbocycles. The lowest BCUT2D eigenvalue weighted by Gasteiger charge is -2.35. The standard InChI is InChI=1S/C27H39N6O9P/c1-4-5-16-41-43(38,39)19-22(26(35)32-11-13-33(14-12-32)42-27(36)37)29-25(34)21-18-23(31(2)15-17-40-3)30-24(28-21)20-9-7-6-8-10-20/h6-10,18,22H,4-5,11-17,19H2,1-3H3,(H,29,34)(H,36,37)(H,38,39)/t22-/m0/s1. The van der Waals surface area contributed by atoms with E-state index < -0.39 is 37.8 Å². The zero-order chi connectivity index (χ0) is 31.4. The maximum Gasteiger partial charge on any atom is 0.525 e. The Labute approximate surface area is 250 Å². The molecular formula is C27H39N6O9P. The van der Waals surface area contributed by atoms with Gasteiger partial charge >= 0.3 is 13.8 Å². The summed E-state index contributed by atoms with van der Waals surface area (Å²) in [6.45, 7) is 3.14. The van der Waals surface area contributed by atoms with E-state index in [4.69, 9.17) is 14.4 Å². The van der Waals surface area contributed by atoms with Crippen molar-refractivity contribution in [2.45, 2.75) is 25.8 Å². The Morgan fingerprint density at radius 1 is 1.12 bits per heavy atom. The van der Waals surface area contributed by atoms with E-state index in [9.17, 15) is 23.8 Å². The largest absolute Gasteiger partial charge is 0.525 e. The fraction of sp³-hybridized carbons (Fsp3) is 0.519. The van der Waals surface area contributed by atoms with Gasteiger partial charge in [-0.3, -0.25) is 14.2 Å². The number of unbranched alkanes of at least 4 members (excludes halogenated alkanes) is 1. The van der Waals surface area contributed by atoms with Crippen LogP contribution in [0.2, 0.25) is 0 Å². The average Bonchev–Trinajstić information content (AvgIpc) is 2.99. The minimum Gasteiger partial charge on any atom is -0.448 e. The van der Waals surface area contributed by atoms with Crippen LogP contribution in [-0.4, -0.2) is 120 Å². The second-order valence-corrected chi connectivity index (χ2v) is 11.8. The fourth-order valence-corrected chi connectivity index (χ4v) is 5.42. The smallest absolute Gasteiger partial charge is 0.448 e. The van der Waals surface area contributed by atoms with Crippen LogP contribution in [-0.2, 0) is 23.5 Å². The molecule has 3 rings (SSSR count). The minimum absolute atomic E-state index is 0.0217. The first-order valence-electron chi connectivity index (χ1n) is 13.9. The van der Waals surface area contributed by atoms with Crippen molar-refractivity contribution in [3.8, 4) is 11.4 Å². The van der Waals surface area contributed by atoms with Crippen molar-refractivity contribution in [1.29, 1.82) is 0 Å². The van der Waals surface area contributed by atoms with Gasteiger partial charge in [0.1, 0.15) is 17.6 Å². The summed E-state index contributed by atoms with van der Waals surface area (Å²) in [5, 5.41) is 12.6. The molecule has 43 heavy (non-hydrogen) atoms. The Morgan fingerprint density at radius 2 is 1.81 bits per heavy atom. The van der Waals surface area contributed by atoms with Crippen molar-refractivity contribution in [3.63, 3.8) is 0 Å². The molecule has 1 unspecified atom stereocenters. The van der Waals surface area contributed by atoms with Crippen LogP contribution in [0.1, 0.15) is 30.3 Å². The second-order valence-electron chi connectivity index (χ2n) is 9.86. The van der Waals surface area contributed by atoms with Crippen LogP contribution in [0.4, 0.5) is 10.6 Å². The lowest BCUT2D eigenvalue weighted by atomic mass is 10.2. The number of piperazine rings is 1. The van der Waals surface area contributed by atoms with E-state index in [0.717, 1.165) is 6.42 Å². The third-order valence-corrected chi connectivity index (χ3v) is 7.98. The number of carbonyl (C=O) groups is 3. The van der Waals surface area contributed by atoms with Crippen LogP contribution < -0.4 is 10.2 Å². The number of ether oxygens (including phenoxy) is 1. The first-order chi connectivity index (χ1) is 20.5. The molecule has 2 aromatic rings. The molecular weight excluding hydrogens is 583 g/mol. The van der Waals surface area contributed by atoms with E-state index in [1.165, 1.54) is 16.0 Å². The molecule has 1 saturated heterocycles. The van der Waals surface area contributed by atoms with E-state index in [1.54, 1.807) is 31.2 Å². The third-order valence-electron chi connectivity index (χ3n) is 6.56. The van der Waals surface area contributed by atoms with Gasteiger partial charge in [-0.25, -0.2) is 14.8 Å². The highest BCUT2D eigenvalue weighted by atomic mass is 31.2. The fourth-order valence-electron chi connectivity index (χ4n) is 4.19. The molecule has 0 aliphatic carbocycles. The number of methoxy groups -OCH3 is 1. The molecule has 0 bridgehead atoms. The van der Waals surface area contributed by atoms with E-state index in [0.29, 0.717) is 31.0 Å². The molecule has 0 spiro atoms. The Bertz CT molecular complexity index is 1280.